The zero-order valence-corrected chi connectivity index (χ0v) is 8.36. The van der Waals surface area contributed by atoms with Crippen molar-refractivity contribution < 1.29 is 4.79 Å². The average Bonchev–Trinajstić information content (AvgIpc) is 2.24. The van der Waals surface area contributed by atoms with E-state index in [9.17, 15) is 4.79 Å². The molecule has 1 amide bonds. The summed E-state index contributed by atoms with van der Waals surface area (Å²) >= 11 is 0. The fourth-order valence-electron chi connectivity index (χ4n) is 1.72. The first-order chi connectivity index (χ1) is 6.77. The predicted molar refractivity (Wildman–Crippen MR) is 56.1 cm³/mol. The van der Waals surface area contributed by atoms with E-state index in [1.165, 1.54) is 6.42 Å². The Bertz CT molecular complexity index is 320. The lowest BCUT2D eigenvalue weighted by Gasteiger charge is -2.34. The van der Waals surface area contributed by atoms with Crippen LogP contribution in [0.15, 0.2) is 30.3 Å². The highest BCUT2D eigenvalue weighted by molar-refractivity contribution is 5.94. The van der Waals surface area contributed by atoms with Gasteiger partial charge in [-0.25, -0.2) is 0 Å². The van der Waals surface area contributed by atoms with Crippen molar-refractivity contribution in [1.29, 1.82) is 0 Å². The van der Waals surface area contributed by atoms with Crippen molar-refractivity contribution in [2.75, 3.05) is 0 Å². The summed E-state index contributed by atoms with van der Waals surface area (Å²) in [6, 6.07) is 9.78. The maximum absolute atomic E-state index is 11.7. The van der Waals surface area contributed by atoms with Crippen LogP contribution in [0.5, 0.6) is 0 Å². The van der Waals surface area contributed by atoms with Crippen LogP contribution in [-0.2, 0) is 0 Å². The number of amides is 1. The van der Waals surface area contributed by atoms with Gasteiger partial charge in [-0.3, -0.25) is 4.79 Å². The van der Waals surface area contributed by atoms with Crippen molar-refractivity contribution in [3.63, 3.8) is 0 Å². The van der Waals surface area contributed by atoms with Crippen LogP contribution in [0.4, 0.5) is 0 Å². The minimum absolute atomic E-state index is 0.0575. The number of carbonyl (C=O) groups is 1. The molecule has 2 atom stereocenters. The number of benzene rings is 1. The Labute approximate surface area is 84.3 Å². The smallest absolute Gasteiger partial charge is 0.251 e. The Balaban J connectivity index is 1.96. The summed E-state index contributed by atoms with van der Waals surface area (Å²) in [4.78, 5) is 11.7. The normalized spacial score (nSPS) is 25.2. The summed E-state index contributed by atoms with van der Waals surface area (Å²) in [6.07, 6.45) is 2.36. The van der Waals surface area contributed by atoms with Gasteiger partial charge >= 0.3 is 0 Å². The fourth-order valence-corrected chi connectivity index (χ4v) is 1.72. The molecule has 1 aliphatic rings. The van der Waals surface area contributed by atoms with E-state index in [1.807, 2.05) is 30.3 Å². The van der Waals surface area contributed by atoms with Gasteiger partial charge in [-0.2, -0.15) is 0 Å². The topological polar surface area (TPSA) is 29.1 Å². The van der Waals surface area contributed by atoms with Gasteiger partial charge in [-0.05, 0) is 30.9 Å². The van der Waals surface area contributed by atoms with Crippen LogP contribution in [0.1, 0.15) is 30.1 Å². The Morgan fingerprint density at radius 3 is 2.50 bits per heavy atom. The molecule has 0 bridgehead atoms. The third-order valence-electron chi connectivity index (χ3n) is 2.97. The van der Waals surface area contributed by atoms with Crippen LogP contribution in [0, 0.1) is 5.92 Å². The van der Waals surface area contributed by atoms with Crippen LogP contribution in [0.3, 0.4) is 0 Å². The molecule has 2 nitrogen and oxygen atoms in total. The molecule has 0 radical (unpaired) electrons. The summed E-state index contributed by atoms with van der Waals surface area (Å²) in [5.41, 5.74) is 0.756. The van der Waals surface area contributed by atoms with Crippen LogP contribution in [0.2, 0.25) is 0 Å². The molecule has 1 aromatic rings. The molecule has 14 heavy (non-hydrogen) atoms. The molecule has 1 aliphatic carbocycles. The first-order valence-corrected chi connectivity index (χ1v) is 5.13. The van der Waals surface area contributed by atoms with Crippen molar-refractivity contribution in [1.82, 2.24) is 5.32 Å². The number of hydrogen-bond donors (Lipinski definition) is 1. The average molecular weight is 189 g/mol. The maximum atomic E-state index is 11.7. The van der Waals surface area contributed by atoms with Crippen molar-refractivity contribution >= 4 is 5.91 Å². The van der Waals surface area contributed by atoms with Gasteiger partial charge in [0.25, 0.3) is 5.91 Å². The highest BCUT2D eigenvalue weighted by Crippen LogP contribution is 2.26. The number of carbonyl (C=O) groups excluding carboxylic acids is 1. The molecule has 0 unspecified atom stereocenters. The fraction of sp³-hybridized carbons (Fsp3) is 0.417. The molecule has 1 aromatic carbocycles. The number of rotatable bonds is 2. The third-order valence-corrected chi connectivity index (χ3v) is 2.97. The van der Waals surface area contributed by atoms with Gasteiger partial charge in [0.05, 0.1) is 0 Å². The second-order valence-electron chi connectivity index (χ2n) is 4.00. The highest BCUT2D eigenvalue weighted by Gasteiger charge is 2.27. The van der Waals surface area contributed by atoms with Crippen molar-refractivity contribution in [2.45, 2.75) is 25.8 Å². The van der Waals surface area contributed by atoms with Gasteiger partial charge in [-0.1, -0.05) is 25.1 Å². The molecule has 2 heteroatoms. The predicted octanol–water partition coefficient (Wildman–Crippen LogP) is 2.21. The summed E-state index contributed by atoms with van der Waals surface area (Å²) in [5, 5.41) is 3.04. The molecule has 1 N–H and O–H groups in total. The van der Waals surface area contributed by atoms with Gasteiger partial charge in [0, 0.05) is 11.6 Å². The van der Waals surface area contributed by atoms with Crippen LogP contribution in [-0.4, -0.2) is 11.9 Å². The molecular weight excluding hydrogens is 174 g/mol. The van der Waals surface area contributed by atoms with Crippen molar-refractivity contribution in [2.24, 2.45) is 5.92 Å². The minimum Gasteiger partial charge on any atom is -0.349 e. The monoisotopic (exact) mass is 189 g/mol. The number of hydrogen-bond acceptors (Lipinski definition) is 1. The summed E-state index contributed by atoms with van der Waals surface area (Å²) < 4.78 is 0. The van der Waals surface area contributed by atoms with E-state index in [1.54, 1.807) is 0 Å². The highest BCUT2D eigenvalue weighted by atomic mass is 16.1. The standard InChI is InChI=1S/C12H15NO/c1-9-7-8-11(9)13-12(14)10-5-3-2-4-6-10/h2-6,9,11H,7-8H2,1H3,(H,13,14)/t9-,11+/m0/s1. The van der Waals surface area contributed by atoms with Gasteiger partial charge in [0.15, 0.2) is 0 Å². The van der Waals surface area contributed by atoms with E-state index < -0.39 is 0 Å². The maximum Gasteiger partial charge on any atom is 0.251 e. The molecule has 1 fully saturated rings. The molecule has 0 aromatic heterocycles. The molecule has 0 heterocycles. The van der Waals surface area contributed by atoms with E-state index >= 15 is 0 Å². The van der Waals surface area contributed by atoms with E-state index in [0.717, 1.165) is 12.0 Å². The van der Waals surface area contributed by atoms with Gasteiger partial charge in [-0.15, -0.1) is 0 Å². The first kappa shape index (κ1) is 9.25. The summed E-state index contributed by atoms with van der Waals surface area (Å²) in [6.45, 7) is 2.18. The SMILES string of the molecule is C[C@H]1CC[C@H]1NC(=O)c1ccccc1. The summed E-state index contributed by atoms with van der Waals surface area (Å²) in [5.74, 6) is 0.699. The lowest BCUT2D eigenvalue weighted by atomic mass is 9.81. The first-order valence-electron chi connectivity index (χ1n) is 5.13. The van der Waals surface area contributed by atoms with Crippen LogP contribution in [0.25, 0.3) is 0 Å². The molecule has 74 valence electrons. The van der Waals surface area contributed by atoms with Gasteiger partial charge in [0.2, 0.25) is 0 Å². The largest absolute Gasteiger partial charge is 0.349 e. The van der Waals surface area contributed by atoms with E-state index in [2.05, 4.69) is 12.2 Å². The zero-order valence-electron chi connectivity index (χ0n) is 8.36. The Morgan fingerprint density at radius 1 is 1.29 bits per heavy atom. The second-order valence-corrected chi connectivity index (χ2v) is 4.00. The Morgan fingerprint density at radius 2 is 2.00 bits per heavy atom. The summed E-state index contributed by atoms with van der Waals surface area (Å²) in [7, 11) is 0. The van der Waals surface area contributed by atoms with Crippen molar-refractivity contribution in [3.05, 3.63) is 35.9 Å². The molecule has 0 aliphatic heterocycles. The van der Waals surface area contributed by atoms with Gasteiger partial charge in [0.1, 0.15) is 0 Å². The van der Waals surface area contributed by atoms with E-state index in [0.29, 0.717) is 12.0 Å². The quantitative estimate of drug-likeness (QED) is 0.759. The Hall–Kier alpha value is -1.31. The Kier molecular flexibility index (Phi) is 2.53. The van der Waals surface area contributed by atoms with E-state index in [-0.39, 0.29) is 5.91 Å². The number of nitrogens with one attached hydrogen (secondary N) is 1. The zero-order chi connectivity index (χ0) is 9.97. The third kappa shape index (κ3) is 1.79. The molecular formula is C12H15NO. The molecule has 0 saturated heterocycles. The molecule has 1 saturated carbocycles. The molecule has 2 rings (SSSR count). The second kappa shape index (κ2) is 3.82. The van der Waals surface area contributed by atoms with E-state index in [4.69, 9.17) is 0 Å². The van der Waals surface area contributed by atoms with Gasteiger partial charge < -0.3 is 5.32 Å². The van der Waals surface area contributed by atoms with Crippen LogP contribution < -0.4 is 5.32 Å². The lowest BCUT2D eigenvalue weighted by molar-refractivity contribution is 0.0884. The molecule has 0 spiro atoms. The van der Waals surface area contributed by atoms with Crippen LogP contribution >= 0.6 is 0 Å². The van der Waals surface area contributed by atoms with Crippen molar-refractivity contribution in [3.8, 4) is 0 Å². The lowest BCUT2D eigenvalue weighted by Crippen LogP contribution is -2.45. The minimum atomic E-state index is 0.0575.